The standard InChI is InChI=1S/C40H54N4O5/c1-9-22-42(30-16-14-13-15-17-30)36(46)33-34-37(47)44(32(26-45)24-27(5)6)35(40(34)25-28(7)39(33,8)49-40)38(48)43(23-10-2)31-20-18-29(19-21-31)41(11-3)12-4/h9-10,13-21,27-28,32-35,45H,1-2,11-12,22-26H2,3-8H3/t28?,32-,33+,34+,35?,39-,40?/m1/s1. The van der Waals surface area contributed by atoms with Crippen LogP contribution in [0.3, 0.4) is 0 Å². The van der Waals surface area contributed by atoms with Crippen molar-refractivity contribution in [3.05, 3.63) is 79.9 Å². The lowest BCUT2D eigenvalue weighted by Gasteiger charge is -2.40. The lowest BCUT2D eigenvalue weighted by Crippen LogP contribution is -2.59. The molecule has 3 fully saturated rings. The Bertz CT molecular complexity index is 1520. The number of nitrogens with zero attached hydrogens (tertiary/aromatic N) is 4. The van der Waals surface area contributed by atoms with Gasteiger partial charge in [-0.15, -0.1) is 13.2 Å². The van der Waals surface area contributed by atoms with Crippen LogP contribution >= 0.6 is 0 Å². The second kappa shape index (κ2) is 14.5. The molecule has 0 radical (unpaired) electrons. The number of anilines is 3. The molecule has 0 saturated carbocycles. The van der Waals surface area contributed by atoms with Crippen molar-refractivity contribution >= 4 is 34.8 Å². The Balaban J connectivity index is 1.64. The van der Waals surface area contributed by atoms with Crippen molar-refractivity contribution in [2.24, 2.45) is 23.7 Å². The zero-order chi connectivity index (χ0) is 35.7. The Morgan fingerprint density at radius 1 is 0.959 bits per heavy atom. The number of aliphatic hydroxyl groups excluding tert-OH is 1. The van der Waals surface area contributed by atoms with E-state index in [0.717, 1.165) is 18.8 Å². The van der Waals surface area contributed by atoms with Crippen LogP contribution in [-0.2, 0) is 19.1 Å². The Morgan fingerprint density at radius 3 is 2.04 bits per heavy atom. The quantitative estimate of drug-likeness (QED) is 0.245. The highest BCUT2D eigenvalue weighted by atomic mass is 16.5. The third-order valence-corrected chi connectivity index (χ3v) is 11.1. The second-order valence-electron chi connectivity index (χ2n) is 14.4. The highest BCUT2D eigenvalue weighted by Crippen LogP contribution is 2.66. The number of para-hydroxylation sites is 1. The van der Waals surface area contributed by atoms with Gasteiger partial charge in [-0.05, 0) is 81.8 Å². The summed E-state index contributed by atoms with van der Waals surface area (Å²) in [6, 6.07) is 15.6. The van der Waals surface area contributed by atoms with Crippen LogP contribution in [0.15, 0.2) is 79.9 Å². The van der Waals surface area contributed by atoms with E-state index in [1.54, 1.807) is 26.9 Å². The van der Waals surface area contributed by atoms with Crippen molar-refractivity contribution in [3.8, 4) is 0 Å². The van der Waals surface area contributed by atoms with Crippen LogP contribution in [0.1, 0.15) is 54.4 Å². The number of fused-ring (bicyclic) bond motifs is 1. The van der Waals surface area contributed by atoms with Gasteiger partial charge < -0.3 is 29.4 Å². The molecule has 2 aromatic carbocycles. The third kappa shape index (κ3) is 6.09. The SMILES string of the molecule is C=CCN(C(=O)C1N([C@@H](CO)CC(C)C)C(=O)[C@@H]2[C@@H](C(=O)N(CC=C)c3ccccc3)[C@]3(C)OC12CC3C)c1ccc(N(CC)CC)cc1. The van der Waals surface area contributed by atoms with E-state index in [4.69, 9.17) is 4.74 Å². The molecule has 0 aromatic heterocycles. The molecular formula is C40H54N4O5. The molecule has 1 spiro atoms. The highest BCUT2D eigenvalue weighted by molar-refractivity contribution is 6.07. The van der Waals surface area contributed by atoms with Gasteiger partial charge in [-0.3, -0.25) is 14.4 Å². The summed E-state index contributed by atoms with van der Waals surface area (Å²) in [5, 5.41) is 10.8. The molecule has 3 heterocycles. The van der Waals surface area contributed by atoms with Gasteiger partial charge in [-0.25, -0.2) is 0 Å². The number of carbonyl (C=O) groups excluding carboxylic acids is 3. The summed E-state index contributed by atoms with van der Waals surface area (Å²) >= 11 is 0. The van der Waals surface area contributed by atoms with Crippen LogP contribution in [0.4, 0.5) is 17.1 Å². The number of benzene rings is 2. The van der Waals surface area contributed by atoms with E-state index < -0.39 is 35.1 Å². The number of ether oxygens (including phenoxy) is 1. The maximum absolute atomic E-state index is 15.2. The van der Waals surface area contributed by atoms with E-state index in [1.165, 1.54) is 0 Å². The smallest absolute Gasteiger partial charge is 0.253 e. The van der Waals surface area contributed by atoms with Crippen molar-refractivity contribution in [1.29, 1.82) is 0 Å². The van der Waals surface area contributed by atoms with Crippen LogP contribution in [0, 0.1) is 23.7 Å². The topological polar surface area (TPSA) is 93.6 Å². The Kier molecular flexibility index (Phi) is 10.7. The number of hydrogen-bond donors (Lipinski definition) is 1. The number of rotatable bonds is 15. The summed E-state index contributed by atoms with van der Waals surface area (Å²) in [5.41, 5.74) is 0.186. The van der Waals surface area contributed by atoms with Gasteiger partial charge in [-0.1, -0.05) is 51.1 Å². The molecule has 3 aliphatic rings. The minimum Gasteiger partial charge on any atom is -0.394 e. The molecule has 264 valence electrons. The molecule has 3 saturated heterocycles. The van der Waals surface area contributed by atoms with Gasteiger partial charge in [-0.2, -0.15) is 0 Å². The van der Waals surface area contributed by atoms with Crippen LogP contribution in [0.25, 0.3) is 0 Å². The molecule has 0 aliphatic carbocycles. The molecule has 2 bridgehead atoms. The molecule has 2 aromatic rings. The van der Waals surface area contributed by atoms with Gasteiger partial charge in [0.15, 0.2) is 0 Å². The predicted molar refractivity (Wildman–Crippen MR) is 195 cm³/mol. The molecule has 3 unspecified atom stereocenters. The van der Waals surface area contributed by atoms with Crippen molar-refractivity contribution in [2.75, 3.05) is 47.5 Å². The van der Waals surface area contributed by atoms with E-state index in [1.807, 2.05) is 82.3 Å². The molecule has 3 amide bonds. The summed E-state index contributed by atoms with van der Waals surface area (Å²) in [7, 11) is 0. The van der Waals surface area contributed by atoms with Crippen molar-refractivity contribution in [2.45, 2.75) is 77.7 Å². The molecule has 1 N–H and O–H groups in total. The second-order valence-corrected chi connectivity index (χ2v) is 14.4. The lowest BCUT2D eigenvalue weighted by atomic mass is 9.62. The van der Waals surface area contributed by atoms with E-state index in [9.17, 15) is 14.7 Å². The van der Waals surface area contributed by atoms with Crippen LogP contribution in [-0.4, -0.2) is 83.8 Å². The average molecular weight is 671 g/mol. The maximum atomic E-state index is 15.2. The predicted octanol–water partition coefficient (Wildman–Crippen LogP) is 5.69. The summed E-state index contributed by atoms with van der Waals surface area (Å²) in [4.78, 5) is 52.2. The molecule has 9 nitrogen and oxygen atoms in total. The van der Waals surface area contributed by atoms with Crippen molar-refractivity contribution in [1.82, 2.24) is 4.90 Å². The molecule has 9 heteroatoms. The minimum absolute atomic E-state index is 0.124. The summed E-state index contributed by atoms with van der Waals surface area (Å²) in [6.07, 6.45) is 4.29. The first-order chi connectivity index (χ1) is 23.4. The molecular weight excluding hydrogens is 616 g/mol. The number of carbonyl (C=O) groups is 3. The zero-order valence-corrected chi connectivity index (χ0v) is 30.0. The monoisotopic (exact) mass is 670 g/mol. The first kappa shape index (κ1) is 36.3. The van der Waals surface area contributed by atoms with Crippen LogP contribution in [0.2, 0.25) is 0 Å². The number of hydrogen-bond acceptors (Lipinski definition) is 6. The van der Waals surface area contributed by atoms with Crippen LogP contribution in [0.5, 0.6) is 0 Å². The van der Waals surface area contributed by atoms with E-state index >= 15 is 4.79 Å². The first-order valence-electron chi connectivity index (χ1n) is 17.8. The zero-order valence-electron chi connectivity index (χ0n) is 30.0. The summed E-state index contributed by atoms with van der Waals surface area (Å²) in [5.74, 6) is -2.57. The molecule has 49 heavy (non-hydrogen) atoms. The van der Waals surface area contributed by atoms with Gasteiger partial charge >= 0.3 is 0 Å². The fourth-order valence-corrected chi connectivity index (χ4v) is 8.80. The number of aliphatic hydroxyl groups is 1. The molecule has 5 rings (SSSR count). The van der Waals surface area contributed by atoms with Crippen molar-refractivity contribution in [3.63, 3.8) is 0 Å². The van der Waals surface area contributed by atoms with E-state index in [0.29, 0.717) is 24.2 Å². The molecule has 7 atom stereocenters. The Morgan fingerprint density at radius 2 is 1.51 bits per heavy atom. The van der Waals surface area contributed by atoms with Gasteiger partial charge in [0.25, 0.3) is 5.91 Å². The number of amides is 3. The van der Waals surface area contributed by atoms with E-state index in [-0.39, 0.29) is 49.3 Å². The fourth-order valence-electron chi connectivity index (χ4n) is 8.80. The van der Waals surface area contributed by atoms with Gasteiger partial charge in [0, 0.05) is 43.2 Å². The Labute approximate surface area is 292 Å². The summed E-state index contributed by atoms with van der Waals surface area (Å²) in [6.45, 7) is 22.0. The Hall–Kier alpha value is -3.95. The van der Waals surface area contributed by atoms with Gasteiger partial charge in [0.2, 0.25) is 11.8 Å². The minimum atomic E-state index is -1.26. The number of likely N-dealkylation sites (tertiary alicyclic amines) is 1. The molecule has 3 aliphatic heterocycles. The lowest BCUT2D eigenvalue weighted by molar-refractivity contribution is -0.149. The third-order valence-electron chi connectivity index (χ3n) is 11.1. The summed E-state index contributed by atoms with van der Waals surface area (Å²) < 4.78 is 7.06. The van der Waals surface area contributed by atoms with Crippen LogP contribution < -0.4 is 14.7 Å². The average Bonchev–Trinajstić information content (AvgIpc) is 3.61. The van der Waals surface area contributed by atoms with E-state index in [2.05, 4.69) is 31.9 Å². The van der Waals surface area contributed by atoms with Gasteiger partial charge in [0.05, 0.1) is 30.1 Å². The maximum Gasteiger partial charge on any atom is 0.253 e. The normalized spacial score (nSPS) is 27.6. The van der Waals surface area contributed by atoms with Crippen molar-refractivity contribution < 1.29 is 24.2 Å². The fraction of sp³-hybridized carbons (Fsp3) is 0.525. The highest BCUT2D eigenvalue weighted by Gasteiger charge is 2.80. The first-order valence-corrected chi connectivity index (χ1v) is 17.8. The largest absolute Gasteiger partial charge is 0.394 e. The van der Waals surface area contributed by atoms with Gasteiger partial charge in [0.1, 0.15) is 11.6 Å².